The maximum Gasteiger partial charge on any atom is 0.441 e. The van der Waals surface area contributed by atoms with Gasteiger partial charge in [-0.1, -0.05) is 32.5 Å². The van der Waals surface area contributed by atoms with Gasteiger partial charge in [0.15, 0.2) is 0 Å². The van der Waals surface area contributed by atoms with Crippen LogP contribution >= 0.6 is 11.8 Å². The summed E-state index contributed by atoms with van der Waals surface area (Å²) < 4.78 is 36.3. The molecule has 1 aliphatic rings. The molecule has 0 saturated heterocycles. The predicted molar refractivity (Wildman–Crippen MR) is 68.4 cm³/mol. The molecule has 0 N–H and O–H groups in total. The van der Waals surface area contributed by atoms with E-state index < -0.39 is 5.51 Å². The molecule has 2 atom stereocenters. The molecule has 0 amide bonds. The highest BCUT2D eigenvalue weighted by atomic mass is 32.2. The van der Waals surface area contributed by atoms with Crippen LogP contribution in [0, 0.1) is 17.3 Å². The minimum absolute atomic E-state index is 0.0149. The van der Waals surface area contributed by atoms with Crippen LogP contribution in [0.5, 0.6) is 0 Å². The smallest absolute Gasteiger partial charge is 0.299 e. The number of carbonyl (C=O) groups excluding carboxylic acids is 1. The summed E-state index contributed by atoms with van der Waals surface area (Å²) in [5, 5.41) is 0. The van der Waals surface area contributed by atoms with Crippen LogP contribution < -0.4 is 0 Å². The molecule has 18 heavy (non-hydrogen) atoms. The standard InChI is InChI=1S/C13H21F3OS/c1-9-4-5-10(11(17)8-9)12(2,3)6-7-18-13(14,15)16/h9-10H,4-8H2,1-3H3. The number of Topliss-reactive ketones (excluding diaryl/α,β-unsaturated/α-hetero) is 1. The molecule has 106 valence electrons. The quantitative estimate of drug-likeness (QED) is 0.746. The van der Waals surface area contributed by atoms with E-state index in [2.05, 4.69) is 6.92 Å². The minimum Gasteiger partial charge on any atom is -0.299 e. The van der Waals surface area contributed by atoms with Crippen molar-refractivity contribution in [1.29, 1.82) is 0 Å². The Bertz CT molecular complexity index is 299. The molecular formula is C13H21F3OS. The third-order valence-electron chi connectivity index (χ3n) is 3.84. The first-order valence-electron chi connectivity index (χ1n) is 6.35. The lowest BCUT2D eigenvalue weighted by Crippen LogP contribution is -2.36. The van der Waals surface area contributed by atoms with Gasteiger partial charge in [-0.2, -0.15) is 13.2 Å². The molecule has 5 heteroatoms. The van der Waals surface area contributed by atoms with Crippen LogP contribution in [0.15, 0.2) is 0 Å². The maximum atomic E-state index is 12.1. The van der Waals surface area contributed by atoms with Gasteiger partial charge in [-0.05, 0) is 30.6 Å². The molecule has 1 saturated carbocycles. The molecule has 0 radical (unpaired) electrons. The third kappa shape index (κ3) is 4.82. The monoisotopic (exact) mass is 282 g/mol. The highest BCUT2D eigenvalue weighted by molar-refractivity contribution is 8.00. The number of hydrogen-bond acceptors (Lipinski definition) is 2. The van der Waals surface area contributed by atoms with Gasteiger partial charge in [-0.25, -0.2) is 0 Å². The second-order valence-electron chi connectivity index (χ2n) is 5.94. The van der Waals surface area contributed by atoms with Crippen LogP contribution in [0.2, 0.25) is 0 Å². The predicted octanol–water partition coefficient (Wildman–Crippen LogP) is 4.66. The van der Waals surface area contributed by atoms with Crippen molar-refractivity contribution in [2.75, 3.05) is 5.75 Å². The van der Waals surface area contributed by atoms with Gasteiger partial charge in [0, 0.05) is 18.1 Å². The fraction of sp³-hybridized carbons (Fsp3) is 0.923. The normalized spacial score (nSPS) is 26.4. The zero-order chi connectivity index (χ0) is 14.0. The van der Waals surface area contributed by atoms with Crippen molar-refractivity contribution in [3.63, 3.8) is 0 Å². The maximum absolute atomic E-state index is 12.1. The molecule has 0 aromatic rings. The number of carbonyl (C=O) groups is 1. The van der Waals surface area contributed by atoms with Crippen molar-refractivity contribution in [1.82, 2.24) is 0 Å². The molecule has 0 heterocycles. The van der Waals surface area contributed by atoms with E-state index in [1.54, 1.807) is 0 Å². The van der Waals surface area contributed by atoms with E-state index >= 15 is 0 Å². The first-order valence-corrected chi connectivity index (χ1v) is 7.34. The molecule has 0 bridgehead atoms. The third-order valence-corrected chi connectivity index (χ3v) is 4.58. The largest absolute Gasteiger partial charge is 0.441 e. The van der Waals surface area contributed by atoms with Crippen molar-refractivity contribution < 1.29 is 18.0 Å². The van der Waals surface area contributed by atoms with E-state index in [4.69, 9.17) is 0 Å². The van der Waals surface area contributed by atoms with Crippen LogP contribution in [-0.4, -0.2) is 17.0 Å². The Balaban J connectivity index is 2.50. The summed E-state index contributed by atoms with van der Waals surface area (Å²) in [7, 11) is 0. The van der Waals surface area contributed by atoms with Gasteiger partial charge in [-0.15, -0.1) is 0 Å². The molecule has 1 fully saturated rings. The average molecular weight is 282 g/mol. The second kappa shape index (κ2) is 5.85. The number of halogens is 3. The Morgan fingerprint density at radius 3 is 2.39 bits per heavy atom. The van der Waals surface area contributed by atoms with E-state index in [0.717, 1.165) is 12.8 Å². The SMILES string of the molecule is CC1CCC(C(C)(C)CCSC(F)(F)F)C(=O)C1. The van der Waals surface area contributed by atoms with E-state index in [-0.39, 0.29) is 34.6 Å². The summed E-state index contributed by atoms with van der Waals surface area (Å²) in [4.78, 5) is 12.0. The molecular weight excluding hydrogens is 261 g/mol. The van der Waals surface area contributed by atoms with E-state index in [1.807, 2.05) is 13.8 Å². The van der Waals surface area contributed by atoms with Gasteiger partial charge in [0.25, 0.3) is 0 Å². The molecule has 0 spiro atoms. The number of rotatable bonds is 4. The van der Waals surface area contributed by atoms with Crippen LogP contribution in [0.1, 0.15) is 46.5 Å². The Morgan fingerprint density at radius 2 is 1.89 bits per heavy atom. The first kappa shape index (κ1) is 15.9. The highest BCUT2D eigenvalue weighted by Crippen LogP contribution is 2.42. The van der Waals surface area contributed by atoms with Gasteiger partial charge in [0.05, 0.1) is 0 Å². The van der Waals surface area contributed by atoms with Crippen molar-refractivity contribution in [2.24, 2.45) is 17.3 Å². The Hall–Kier alpha value is -0.190. The number of hydrogen-bond donors (Lipinski definition) is 0. The molecule has 1 nitrogen and oxygen atoms in total. The van der Waals surface area contributed by atoms with Gasteiger partial charge >= 0.3 is 5.51 Å². The molecule has 0 aromatic carbocycles. The van der Waals surface area contributed by atoms with Gasteiger partial charge in [-0.3, -0.25) is 4.79 Å². The second-order valence-corrected chi connectivity index (χ2v) is 7.10. The van der Waals surface area contributed by atoms with Gasteiger partial charge in [0.2, 0.25) is 0 Å². The topological polar surface area (TPSA) is 17.1 Å². The fourth-order valence-electron chi connectivity index (χ4n) is 2.63. The van der Waals surface area contributed by atoms with Crippen LogP contribution in [0.25, 0.3) is 0 Å². The minimum atomic E-state index is -4.17. The van der Waals surface area contributed by atoms with Crippen molar-refractivity contribution >= 4 is 17.5 Å². The summed E-state index contributed by atoms with van der Waals surface area (Å²) in [5.74, 6) is 0.628. The summed E-state index contributed by atoms with van der Waals surface area (Å²) in [6.07, 6.45) is 2.85. The van der Waals surface area contributed by atoms with Crippen LogP contribution in [0.4, 0.5) is 13.2 Å². The fourth-order valence-corrected chi connectivity index (χ4v) is 3.49. The summed E-state index contributed by atoms with van der Waals surface area (Å²) >= 11 is 0.0149. The van der Waals surface area contributed by atoms with E-state index in [9.17, 15) is 18.0 Å². The average Bonchev–Trinajstić information content (AvgIpc) is 2.13. The van der Waals surface area contributed by atoms with Crippen molar-refractivity contribution in [3.05, 3.63) is 0 Å². The first-order chi connectivity index (χ1) is 8.12. The molecule has 1 aliphatic carbocycles. The molecule has 0 aromatic heterocycles. The Kier molecular flexibility index (Phi) is 5.15. The Morgan fingerprint density at radius 1 is 1.28 bits per heavy atom. The summed E-state index contributed by atoms with van der Waals surface area (Å²) in [6.45, 7) is 5.89. The van der Waals surface area contributed by atoms with Crippen LogP contribution in [0.3, 0.4) is 0 Å². The summed E-state index contributed by atoms with van der Waals surface area (Å²) in [5.41, 5.74) is -4.49. The lowest BCUT2D eigenvalue weighted by atomic mass is 9.67. The Labute approximate surface area is 111 Å². The molecule has 0 aliphatic heterocycles. The summed E-state index contributed by atoms with van der Waals surface area (Å²) in [6, 6.07) is 0. The zero-order valence-electron chi connectivity index (χ0n) is 11.1. The zero-order valence-corrected chi connectivity index (χ0v) is 12.0. The molecule has 1 rings (SSSR count). The molecule has 2 unspecified atom stereocenters. The lowest BCUT2D eigenvalue weighted by molar-refractivity contribution is -0.130. The van der Waals surface area contributed by atoms with Crippen LogP contribution in [-0.2, 0) is 4.79 Å². The van der Waals surface area contributed by atoms with Crippen molar-refractivity contribution in [3.8, 4) is 0 Å². The number of ketones is 1. The van der Waals surface area contributed by atoms with E-state index in [0.29, 0.717) is 18.8 Å². The number of alkyl halides is 3. The van der Waals surface area contributed by atoms with Crippen molar-refractivity contribution in [2.45, 2.75) is 52.0 Å². The number of thioether (sulfide) groups is 1. The lowest BCUT2D eigenvalue weighted by Gasteiger charge is -2.37. The van der Waals surface area contributed by atoms with Gasteiger partial charge in [0.1, 0.15) is 5.78 Å². The van der Waals surface area contributed by atoms with Gasteiger partial charge < -0.3 is 0 Å². The van der Waals surface area contributed by atoms with E-state index in [1.165, 1.54) is 0 Å². The highest BCUT2D eigenvalue weighted by Gasteiger charge is 2.38.